The molecule has 0 radical (unpaired) electrons. The summed E-state index contributed by atoms with van der Waals surface area (Å²) in [5.41, 5.74) is 1.80. The van der Waals surface area contributed by atoms with E-state index in [-0.39, 0.29) is 6.42 Å². The van der Waals surface area contributed by atoms with Gasteiger partial charge in [0.2, 0.25) is 0 Å². The molecule has 0 aliphatic rings. The molecule has 5 nitrogen and oxygen atoms in total. The third-order valence-electron chi connectivity index (χ3n) is 2.48. The second kappa shape index (κ2) is 6.40. The van der Waals surface area contributed by atoms with Crippen molar-refractivity contribution < 1.29 is 9.90 Å². The summed E-state index contributed by atoms with van der Waals surface area (Å²) >= 11 is 1.52. The Balaban J connectivity index is 1.80. The van der Waals surface area contributed by atoms with Gasteiger partial charge in [0.15, 0.2) is 0 Å². The first kappa shape index (κ1) is 13.6. The summed E-state index contributed by atoms with van der Waals surface area (Å²) in [6.45, 7) is 3.26. The number of nitrogens with one attached hydrogen (secondary N) is 1. The van der Waals surface area contributed by atoms with E-state index in [4.69, 9.17) is 5.11 Å². The SMILES string of the molecule is Cc1cnc(CNCc2ccc(CC(=O)O)s2)cn1. The molecule has 0 saturated heterocycles. The van der Waals surface area contributed by atoms with Crippen molar-refractivity contribution in [1.29, 1.82) is 0 Å². The Kier molecular flexibility index (Phi) is 4.59. The van der Waals surface area contributed by atoms with Crippen LogP contribution in [0.25, 0.3) is 0 Å². The molecule has 100 valence electrons. The lowest BCUT2D eigenvalue weighted by molar-refractivity contribution is -0.136. The van der Waals surface area contributed by atoms with Crippen molar-refractivity contribution in [3.8, 4) is 0 Å². The second-order valence-electron chi connectivity index (χ2n) is 4.19. The van der Waals surface area contributed by atoms with Gasteiger partial charge in [0.05, 0.1) is 17.8 Å². The minimum Gasteiger partial charge on any atom is -0.481 e. The third-order valence-corrected chi connectivity index (χ3v) is 3.57. The van der Waals surface area contributed by atoms with Crippen molar-refractivity contribution in [3.63, 3.8) is 0 Å². The molecule has 0 aliphatic carbocycles. The van der Waals surface area contributed by atoms with E-state index in [0.717, 1.165) is 21.1 Å². The van der Waals surface area contributed by atoms with E-state index < -0.39 is 5.97 Å². The Morgan fingerprint density at radius 2 is 2.05 bits per heavy atom. The highest BCUT2D eigenvalue weighted by Gasteiger charge is 2.04. The Morgan fingerprint density at radius 3 is 2.74 bits per heavy atom. The van der Waals surface area contributed by atoms with Crippen LogP contribution in [0.3, 0.4) is 0 Å². The van der Waals surface area contributed by atoms with Crippen molar-refractivity contribution in [3.05, 3.63) is 45.7 Å². The van der Waals surface area contributed by atoms with E-state index in [2.05, 4.69) is 15.3 Å². The van der Waals surface area contributed by atoms with Crippen LogP contribution in [0.4, 0.5) is 0 Å². The highest BCUT2D eigenvalue weighted by atomic mass is 32.1. The number of nitrogens with zero attached hydrogens (tertiary/aromatic N) is 2. The quantitative estimate of drug-likeness (QED) is 0.841. The van der Waals surface area contributed by atoms with E-state index in [1.165, 1.54) is 11.3 Å². The summed E-state index contributed by atoms with van der Waals surface area (Å²) in [6, 6.07) is 3.82. The predicted octanol–water partition coefficient (Wildman–Crippen LogP) is 1.76. The zero-order valence-electron chi connectivity index (χ0n) is 10.6. The molecule has 0 amide bonds. The van der Waals surface area contributed by atoms with Gasteiger partial charge < -0.3 is 10.4 Å². The molecule has 0 aliphatic heterocycles. The lowest BCUT2D eigenvalue weighted by Gasteiger charge is -2.02. The molecule has 2 aromatic rings. The minimum atomic E-state index is -0.795. The van der Waals surface area contributed by atoms with E-state index in [1.807, 2.05) is 19.1 Å². The molecule has 0 fully saturated rings. The summed E-state index contributed by atoms with van der Waals surface area (Å²) in [4.78, 5) is 21.0. The molecule has 2 rings (SSSR count). The van der Waals surface area contributed by atoms with Gasteiger partial charge in [0, 0.05) is 35.2 Å². The van der Waals surface area contributed by atoms with Gasteiger partial charge in [-0.3, -0.25) is 14.8 Å². The average Bonchev–Trinajstić information content (AvgIpc) is 2.78. The number of hydrogen-bond acceptors (Lipinski definition) is 5. The molecule has 6 heteroatoms. The number of carboxylic acids is 1. The topological polar surface area (TPSA) is 75.1 Å². The van der Waals surface area contributed by atoms with Crippen LogP contribution in [0.1, 0.15) is 21.1 Å². The molecule has 0 spiro atoms. The molecular weight excluding hydrogens is 262 g/mol. The normalized spacial score (nSPS) is 10.6. The number of hydrogen-bond donors (Lipinski definition) is 2. The zero-order valence-corrected chi connectivity index (χ0v) is 11.4. The van der Waals surface area contributed by atoms with Gasteiger partial charge in [-0.1, -0.05) is 0 Å². The summed E-state index contributed by atoms with van der Waals surface area (Å²) in [5, 5.41) is 12.0. The number of aryl methyl sites for hydroxylation is 1. The monoisotopic (exact) mass is 277 g/mol. The van der Waals surface area contributed by atoms with Crippen LogP contribution >= 0.6 is 11.3 Å². The number of rotatable bonds is 6. The zero-order chi connectivity index (χ0) is 13.7. The summed E-state index contributed by atoms with van der Waals surface area (Å²) in [5.74, 6) is -0.795. The fourth-order valence-electron chi connectivity index (χ4n) is 1.59. The van der Waals surface area contributed by atoms with Crippen molar-refractivity contribution >= 4 is 17.3 Å². The highest BCUT2D eigenvalue weighted by molar-refractivity contribution is 7.12. The van der Waals surface area contributed by atoms with Gasteiger partial charge >= 0.3 is 5.97 Å². The van der Waals surface area contributed by atoms with Gasteiger partial charge in [-0.25, -0.2) is 0 Å². The number of aliphatic carboxylic acids is 1. The first-order valence-electron chi connectivity index (χ1n) is 5.91. The fourth-order valence-corrected chi connectivity index (χ4v) is 2.56. The lowest BCUT2D eigenvalue weighted by Crippen LogP contribution is -2.13. The molecule has 0 aromatic carbocycles. The maximum atomic E-state index is 10.6. The van der Waals surface area contributed by atoms with Crippen LogP contribution in [-0.2, 0) is 24.3 Å². The van der Waals surface area contributed by atoms with Crippen molar-refractivity contribution in [2.75, 3.05) is 0 Å². The Morgan fingerprint density at radius 1 is 1.26 bits per heavy atom. The Hall–Kier alpha value is -1.79. The number of aromatic nitrogens is 2. The number of carbonyl (C=O) groups is 1. The lowest BCUT2D eigenvalue weighted by atomic mass is 10.3. The van der Waals surface area contributed by atoms with Crippen LogP contribution in [0.5, 0.6) is 0 Å². The summed E-state index contributed by atoms with van der Waals surface area (Å²) < 4.78 is 0. The van der Waals surface area contributed by atoms with E-state index >= 15 is 0 Å². The number of carboxylic acid groups (broad SMARTS) is 1. The first-order chi connectivity index (χ1) is 9.13. The van der Waals surface area contributed by atoms with Crippen LogP contribution in [-0.4, -0.2) is 21.0 Å². The van der Waals surface area contributed by atoms with Crippen molar-refractivity contribution in [2.24, 2.45) is 0 Å². The van der Waals surface area contributed by atoms with Crippen molar-refractivity contribution in [2.45, 2.75) is 26.4 Å². The molecular formula is C13H15N3O2S. The predicted molar refractivity (Wildman–Crippen MR) is 73.0 cm³/mol. The van der Waals surface area contributed by atoms with E-state index in [0.29, 0.717) is 13.1 Å². The van der Waals surface area contributed by atoms with Crippen LogP contribution < -0.4 is 5.32 Å². The average molecular weight is 277 g/mol. The molecule has 2 aromatic heterocycles. The smallest absolute Gasteiger partial charge is 0.308 e. The molecule has 2 heterocycles. The molecule has 0 unspecified atom stereocenters. The molecule has 19 heavy (non-hydrogen) atoms. The van der Waals surface area contributed by atoms with Crippen LogP contribution in [0.2, 0.25) is 0 Å². The van der Waals surface area contributed by atoms with E-state index in [1.54, 1.807) is 12.4 Å². The molecule has 2 N–H and O–H groups in total. The molecule has 0 bridgehead atoms. The largest absolute Gasteiger partial charge is 0.481 e. The van der Waals surface area contributed by atoms with Crippen LogP contribution in [0, 0.1) is 6.92 Å². The second-order valence-corrected chi connectivity index (χ2v) is 5.44. The summed E-state index contributed by atoms with van der Waals surface area (Å²) in [6.07, 6.45) is 3.59. The first-order valence-corrected chi connectivity index (χ1v) is 6.73. The standard InChI is InChI=1S/C13H15N3O2S/c1-9-5-16-10(7-15-9)6-14-8-12-3-2-11(19-12)4-13(17)18/h2-3,5,7,14H,4,6,8H2,1H3,(H,17,18). The maximum Gasteiger partial charge on any atom is 0.308 e. The van der Waals surface area contributed by atoms with Gasteiger partial charge in [-0.05, 0) is 19.1 Å². The van der Waals surface area contributed by atoms with E-state index in [9.17, 15) is 4.79 Å². The molecule has 0 saturated carbocycles. The Bertz CT molecular complexity index is 551. The molecule has 0 atom stereocenters. The minimum absolute atomic E-state index is 0.0914. The van der Waals surface area contributed by atoms with Crippen LogP contribution in [0.15, 0.2) is 24.5 Å². The number of thiophene rings is 1. The third kappa shape index (κ3) is 4.42. The summed E-state index contributed by atoms with van der Waals surface area (Å²) in [7, 11) is 0. The fraction of sp³-hybridized carbons (Fsp3) is 0.308. The van der Waals surface area contributed by atoms with Crippen molar-refractivity contribution in [1.82, 2.24) is 15.3 Å². The van der Waals surface area contributed by atoms with Gasteiger partial charge in [-0.15, -0.1) is 11.3 Å². The Labute approximate surface area is 115 Å². The van der Waals surface area contributed by atoms with Gasteiger partial charge in [0.1, 0.15) is 0 Å². The van der Waals surface area contributed by atoms with Gasteiger partial charge in [0.25, 0.3) is 0 Å². The highest BCUT2D eigenvalue weighted by Crippen LogP contribution is 2.16. The van der Waals surface area contributed by atoms with Gasteiger partial charge in [-0.2, -0.15) is 0 Å². The maximum absolute atomic E-state index is 10.6.